The smallest absolute Gasteiger partial charge is 0.343 e. The molecule has 0 N–H and O–H groups in total. The molecule has 2 rings (SSSR count). The molecule has 0 aromatic heterocycles. The zero-order chi connectivity index (χ0) is 7.68. The van der Waals surface area contributed by atoms with Crippen molar-refractivity contribution in [3.8, 4) is 18.1 Å². The lowest BCUT2D eigenvalue weighted by atomic mass is 10.3. The van der Waals surface area contributed by atoms with Crippen LogP contribution in [0, 0.1) is 6.57 Å². The maximum atomic E-state index is 5.10. The number of hydrogen-bond acceptors (Lipinski definition) is 2. The minimum Gasteiger partial charge on any atom is -0.454 e. The fourth-order valence-electron chi connectivity index (χ4n) is 0.966. The van der Waals surface area contributed by atoms with Crippen LogP contribution in [0.2, 0.25) is 0 Å². The lowest BCUT2D eigenvalue weighted by Crippen LogP contribution is -1.92. The lowest BCUT2D eigenvalue weighted by Gasteiger charge is -1.89. The molecule has 1 aliphatic heterocycles. The van der Waals surface area contributed by atoms with Crippen molar-refractivity contribution in [2.24, 2.45) is 0 Å². The van der Waals surface area contributed by atoms with Crippen molar-refractivity contribution in [2.45, 2.75) is 0 Å². The Labute approximate surface area is 64.0 Å². The van der Waals surface area contributed by atoms with Crippen molar-refractivity contribution in [3.63, 3.8) is 0 Å². The summed E-state index contributed by atoms with van der Waals surface area (Å²) in [5.74, 6) is 1.45. The minimum atomic E-state index is 0.281. The van der Waals surface area contributed by atoms with Gasteiger partial charge in [0.25, 0.3) is 6.57 Å². The van der Waals surface area contributed by atoms with Gasteiger partial charge in [-0.1, -0.05) is 0 Å². The largest absolute Gasteiger partial charge is 0.454 e. The van der Waals surface area contributed by atoms with Crippen LogP contribution < -0.4 is 9.47 Å². The third kappa shape index (κ3) is 0.887. The Balaban J connectivity index is 2.51. The molecule has 0 radical (unpaired) electrons. The summed E-state index contributed by atoms with van der Waals surface area (Å²) in [5, 5.41) is 0. The summed E-state index contributed by atoms with van der Waals surface area (Å²) in [6.45, 7) is 5.35. The van der Waals surface area contributed by atoms with Crippen LogP contribution in [0.3, 0.4) is 0 Å². The zero-order valence-corrected chi connectivity index (χ0v) is 5.78. The molecule has 0 unspecified atom stereocenters. The molecule has 0 amide bonds. The van der Waals surface area contributed by atoms with Gasteiger partial charge in [-0.25, -0.2) is 0 Å². The van der Waals surface area contributed by atoms with E-state index in [2.05, 4.69) is 4.85 Å². The molecule has 11 heavy (non-hydrogen) atoms. The van der Waals surface area contributed by atoms with Crippen LogP contribution in [-0.4, -0.2) is 6.79 Å². The topological polar surface area (TPSA) is 22.8 Å². The molecule has 1 aromatic carbocycles. The number of rotatable bonds is 0. The number of hydrogen-bond donors (Lipinski definition) is 0. The van der Waals surface area contributed by atoms with Crippen LogP contribution in [0.15, 0.2) is 18.2 Å². The van der Waals surface area contributed by atoms with Gasteiger partial charge in [-0.2, -0.15) is 0 Å². The number of nitrogens with zero attached hydrogens (tertiary/aromatic N) is 1. The second kappa shape index (κ2) is 2.17. The van der Waals surface area contributed by atoms with E-state index < -0.39 is 0 Å². The van der Waals surface area contributed by atoms with Crippen LogP contribution in [0.25, 0.3) is 4.85 Å². The van der Waals surface area contributed by atoms with Crippen molar-refractivity contribution in [3.05, 3.63) is 23.0 Å². The van der Waals surface area contributed by atoms with Crippen molar-refractivity contribution < 1.29 is 9.47 Å². The van der Waals surface area contributed by atoms with E-state index >= 15 is 0 Å². The average molecular weight is 148 g/mol. The van der Waals surface area contributed by atoms with Crippen LogP contribution in [0.1, 0.15) is 0 Å². The molecule has 0 aliphatic carbocycles. The first-order valence-corrected chi connectivity index (χ1v) is 3.21. The van der Waals surface area contributed by atoms with Gasteiger partial charge in [0.15, 0.2) is 11.5 Å². The molecule has 1 heterocycles. The average Bonchev–Trinajstić information content (AvgIpc) is 2.50. The predicted molar refractivity (Wildman–Crippen MR) is 40.5 cm³/mol. The van der Waals surface area contributed by atoms with Crippen LogP contribution in [0.4, 0.5) is 5.69 Å². The van der Waals surface area contributed by atoms with E-state index in [1.807, 2.05) is 0 Å². The molecule has 0 saturated carbocycles. The van der Waals surface area contributed by atoms with E-state index in [9.17, 15) is 0 Å². The molecule has 3 heteroatoms. The summed E-state index contributed by atoms with van der Waals surface area (Å²) < 4.78 is 10.2. The third-order valence-corrected chi connectivity index (χ3v) is 1.51. The number of ether oxygens (including phenoxy) is 2. The van der Waals surface area contributed by atoms with E-state index in [4.69, 9.17) is 16.0 Å². The molecule has 1 aromatic rings. The van der Waals surface area contributed by atoms with Crippen molar-refractivity contribution in [1.29, 1.82) is 0 Å². The van der Waals surface area contributed by atoms with E-state index in [1.165, 1.54) is 0 Å². The van der Waals surface area contributed by atoms with Gasteiger partial charge in [-0.05, 0) is 10.9 Å². The highest BCUT2D eigenvalue weighted by molar-refractivity contribution is 5.56. The second-order valence-electron chi connectivity index (χ2n) is 2.17. The highest BCUT2D eigenvalue weighted by Crippen LogP contribution is 2.34. The first kappa shape index (κ1) is 6.05. The zero-order valence-electron chi connectivity index (χ0n) is 5.78. The summed E-state index contributed by atoms with van der Waals surface area (Å²) in [4.78, 5) is 3.51. The number of fused-ring (bicyclic) bond motifs is 1. The Bertz CT molecular complexity index is 327. The van der Waals surface area contributed by atoms with Gasteiger partial charge in [0.05, 0.1) is 6.07 Å². The maximum Gasteiger partial charge on any atom is 0.343 e. The van der Waals surface area contributed by atoms with E-state index in [1.54, 1.807) is 18.2 Å². The first-order chi connectivity index (χ1) is 5.40. The molecule has 1 aliphatic rings. The molecule has 0 bridgehead atoms. The van der Waals surface area contributed by atoms with Gasteiger partial charge in [-0.15, -0.1) is 0 Å². The monoisotopic (exact) mass is 148 g/mol. The SMILES string of the molecule is C#[N+]c1ccc2c(c1)OCO2. The van der Waals surface area contributed by atoms with Crippen LogP contribution >= 0.6 is 0 Å². The molecule has 0 fully saturated rings. The Morgan fingerprint density at radius 1 is 1.27 bits per heavy atom. The van der Waals surface area contributed by atoms with Crippen molar-refractivity contribution >= 4 is 5.69 Å². The quantitative estimate of drug-likeness (QED) is 0.561. The highest BCUT2D eigenvalue weighted by Gasteiger charge is 2.15. The molecule has 0 atom stereocenters. The number of benzene rings is 1. The summed E-state index contributed by atoms with van der Waals surface area (Å²) in [6.07, 6.45) is 0. The fourth-order valence-corrected chi connectivity index (χ4v) is 0.966. The normalized spacial score (nSPS) is 12.6. The standard InChI is InChI=1S/C8H6NO2/c1-9-6-2-3-7-8(4-6)11-5-10-7/h1-4H,5H2/q+1. The van der Waals surface area contributed by atoms with Crippen LogP contribution in [0.5, 0.6) is 11.5 Å². The van der Waals surface area contributed by atoms with Crippen LogP contribution in [-0.2, 0) is 0 Å². The molecular weight excluding hydrogens is 142 g/mol. The summed E-state index contributed by atoms with van der Waals surface area (Å²) >= 11 is 0. The molecular formula is C8H6NO2+. The second-order valence-corrected chi connectivity index (χ2v) is 2.17. The molecule has 0 spiro atoms. The molecule has 3 nitrogen and oxygen atoms in total. The van der Waals surface area contributed by atoms with Gasteiger partial charge in [-0.3, -0.25) is 0 Å². The predicted octanol–water partition coefficient (Wildman–Crippen LogP) is 2.01. The Morgan fingerprint density at radius 2 is 2.09 bits per heavy atom. The Morgan fingerprint density at radius 3 is 2.91 bits per heavy atom. The fraction of sp³-hybridized carbons (Fsp3) is 0.125. The summed E-state index contributed by atoms with van der Waals surface area (Å²) in [5.41, 5.74) is 0.689. The van der Waals surface area contributed by atoms with Gasteiger partial charge < -0.3 is 9.47 Å². The Kier molecular flexibility index (Phi) is 1.19. The van der Waals surface area contributed by atoms with Gasteiger partial charge in [0, 0.05) is 6.07 Å². The molecule has 0 saturated heterocycles. The summed E-state index contributed by atoms with van der Waals surface area (Å²) in [6, 6.07) is 5.30. The minimum absolute atomic E-state index is 0.281. The van der Waals surface area contributed by atoms with Gasteiger partial charge in [0.1, 0.15) is 0 Å². The maximum absolute atomic E-state index is 5.10. The van der Waals surface area contributed by atoms with Crippen molar-refractivity contribution in [1.82, 2.24) is 0 Å². The molecule has 54 valence electrons. The van der Waals surface area contributed by atoms with E-state index in [0.717, 1.165) is 5.75 Å². The lowest BCUT2D eigenvalue weighted by molar-refractivity contribution is 0.174. The Hall–Kier alpha value is -1.69. The van der Waals surface area contributed by atoms with E-state index in [-0.39, 0.29) is 6.79 Å². The van der Waals surface area contributed by atoms with Gasteiger partial charge >= 0.3 is 5.69 Å². The first-order valence-electron chi connectivity index (χ1n) is 3.21. The van der Waals surface area contributed by atoms with E-state index in [0.29, 0.717) is 11.4 Å². The third-order valence-electron chi connectivity index (χ3n) is 1.51. The summed E-state index contributed by atoms with van der Waals surface area (Å²) in [7, 11) is 0. The van der Waals surface area contributed by atoms with Crippen molar-refractivity contribution in [2.75, 3.05) is 6.79 Å². The highest BCUT2D eigenvalue weighted by atomic mass is 16.7. The van der Waals surface area contributed by atoms with Gasteiger partial charge in [0.2, 0.25) is 6.79 Å².